The number of carbonyl (C=O) groups is 2. The number of benzene rings is 3. The SMILES string of the molecule is CC1(C)CC(=O)C2=C(C1)N(NC(=O)c1ccccc1)C(N)=C(C#N)C2c1cccc(OCc2ccccc2)c1. The van der Waals surface area contributed by atoms with Crippen LogP contribution in [-0.4, -0.2) is 16.7 Å². The molecule has 0 saturated heterocycles. The predicted octanol–water partition coefficient (Wildman–Crippen LogP) is 5.35. The molecule has 1 unspecified atom stereocenters. The molecule has 3 aromatic rings. The summed E-state index contributed by atoms with van der Waals surface area (Å²) >= 11 is 0. The summed E-state index contributed by atoms with van der Waals surface area (Å²) in [6, 6.07) is 28.2. The molecule has 0 aromatic heterocycles. The first kappa shape index (κ1) is 25.8. The van der Waals surface area contributed by atoms with E-state index in [0.29, 0.717) is 42.0 Å². The van der Waals surface area contributed by atoms with Crippen LogP contribution in [0.1, 0.15) is 54.1 Å². The smallest absolute Gasteiger partial charge is 0.270 e. The van der Waals surface area contributed by atoms with Crippen LogP contribution in [-0.2, 0) is 11.4 Å². The molecule has 0 fully saturated rings. The Hall–Kier alpha value is -4.83. The Bertz CT molecular complexity index is 1520. The van der Waals surface area contributed by atoms with E-state index in [2.05, 4.69) is 11.5 Å². The molecule has 2 aliphatic rings. The molecule has 3 aromatic carbocycles. The minimum atomic E-state index is -0.668. The second-order valence-electron chi connectivity index (χ2n) is 10.6. The number of rotatable bonds is 6. The molecule has 3 N–H and O–H groups in total. The van der Waals surface area contributed by atoms with Gasteiger partial charge in [-0.05, 0) is 47.2 Å². The van der Waals surface area contributed by atoms with E-state index in [9.17, 15) is 14.9 Å². The first-order valence-electron chi connectivity index (χ1n) is 12.9. The Morgan fingerprint density at radius 3 is 2.44 bits per heavy atom. The van der Waals surface area contributed by atoms with Crippen LogP contribution in [0.2, 0.25) is 0 Å². The molecule has 0 saturated carbocycles. The zero-order valence-corrected chi connectivity index (χ0v) is 22.0. The van der Waals surface area contributed by atoms with Crippen LogP contribution < -0.4 is 15.9 Å². The Morgan fingerprint density at radius 1 is 1.05 bits per heavy atom. The molecule has 0 radical (unpaired) electrons. The van der Waals surface area contributed by atoms with Gasteiger partial charge in [-0.15, -0.1) is 0 Å². The normalized spacial score (nSPS) is 18.3. The third kappa shape index (κ3) is 5.27. The van der Waals surface area contributed by atoms with Crippen LogP contribution in [0.4, 0.5) is 0 Å². The number of allylic oxidation sites excluding steroid dienone is 3. The van der Waals surface area contributed by atoms with Crippen LogP contribution in [0, 0.1) is 16.7 Å². The van der Waals surface area contributed by atoms with Crippen LogP contribution in [0.25, 0.3) is 0 Å². The van der Waals surface area contributed by atoms with Gasteiger partial charge in [-0.25, -0.2) is 5.01 Å². The largest absolute Gasteiger partial charge is 0.489 e. The minimum Gasteiger partial charge on any atom is -0.489 e. The van der Waals surface area contributed by atoms with Gasteiger partial charge in [0.25, 0.3) is 5.91 Å². The van der Waals surface area contributed by atoms with Gasteiger partial charge in [-0.2, -0.15) is 5.26 Å². The van der Waals surface area contributed by atoms with Crippen molar-refractivity contribution in [2.75, 3.05) is 0 Å². The predicted molar refractivity (Wildman–Crippen MR) is 148 cm³/mol. The van der Waals surface area contributed by atoms with Crippen LogP contribution in [0.15, 0.2) is 108 Å². The lowest BCUT2D eigenvalue weighted by Crippen LogP contribution is -2.49. The third-order valence-corrected chi connectivity index (χ3v) is 7.07. The van der Waals surface area contributed by atoms with Gasteiger partial charge in [-0.1, -0.05) is 74.5 Å². The fourth-order valence-corrected chi connectivity index (χ4v) is 5.25. The highest BCUT2D eigenvalue weighted by atomic mass is 16.5. The highest BCUT2D eigenvalue weighted by Crippen LogP contribution is 2.48. The van der Waals surface area contributed by atoms with Crippen molar-refractivity contribution in [3.05, 3.63) is 124 Å². The number of amides is 1. The maximum atomic E-state index is 13.7. The molecule has 1 aliphatic carbocycles. The van der Waals surface area contributed by atoms with E-state index in [1.807, 2.05) is 74.5 Å². The maximum Gasteiger partial charge on any atom is 0.270 e. The number of hydrogen-bond donors (Lipinski definition) is 2. The average molecular weight is 519 g/mol. The molecule has 1 aliphatic heterocycles. The average Bonchev–Trinajstić information content (AvgIpc) is 2.93. The number of hydrogen-bond acceptors (Lipinski definition) is 6. The molecule has 0 bridgehead atoms. The van der Waals surface area contributed by atoms with Crippen LogP contribution in [0.3, 0.4) is 0 Å². The van der Waals surface area contributed by atoms with Gasteiger partial charge in [0.15, 0.2) is 5.78 Å². The molecule has 7 heteroatoms. The number of Topliss-reactive ketones (excluding diaryl/α,β-unsaturated/α-hetero) is 1. The number of nitriles is 1. The van der Waals surface area contributed by atoms with E-state index in [-0.39, 0.29) is 28.5 Å². The van der Waals surface area contributed by atoms with Gasteiger partial charge in [0.2, 0.25) is 0 Å². The molecule has 196 valence electrons. The Labute approximate surface area is 228 Å². The van der Waals surface area contributed by atoms with E-state index in [1.54, 1.807) is 24.3 Å². The van der Waals surface area contributed by atoms with Gasteiger partial charge in [0.1, 0.15) is 18.2 Å². The summed E-state index contributed by atoms with van der Waals surface area (Å²) in [5.74, 6) is -0.391. The van der Waals surface area contributed by atoms with Gasteiger partial charge >= 0.3 is 0 Å². The van der Waals surface area contributed by atoms with E-state index in [4.69, 9.17) is 10.5 Å². The molecular weight excluding hydrogens is 488 g/mol. The van der Waals surface area contributed by atoms with Crippen LogP contribution >= 0.6 is 0 Å². The molecule has 5 rings (SSSR count). The van der Waals surface area contributed by atoms with E-state index >= 15 is 0 Å². The van der Waals surface area contributed by atoms with E-state index < -0.39 is 5.92 Å². The van der Waals surface area contributed by atoms with Crippen LogP contribution in [0.5, 0.6) is 5.75 Å². The van der Waals surface area contributed by atoms with Crippen molar-refractivity contribution < 1.29 is 14.3 Å². The number of ether oxygens (including phenoxy) is 1. The summed E-state index contributed by atoms with van der Waals surface area (Å²) in [6.07, 6.45) is 0.828. The van der Waals surface area contributed by atoms with Crippen molar-refractivity contribution in [2.24, 2.45) is 11.1 Å². The number of carbonyl (C=O) groups excluding carboxylic acids is 2. The summed E-state index contributed by atoms with van der Waals surface area (Å²) in [5.41, 5.74) is 12.6. The number of ketones is 1. The third-order valence-electron chi connectivity index (χ3n) is 7.07. The van der Waals surface area contributed by atoms with Crippen molar-refractivity contribution in [2.45, 2.75) is 39.2 Å². The van der Waals surface area contributed by atoms with Crippen molar-refractivity contribution in [1.29, 1.82) is 5.26 Å². The topological polar surface area (TPSA) is 108 Å². The second-order valence-corrected chi connectivity index (χ2v) is 10.6. The number of hydrazine groups is 1. The van der Waals surface area contributed by atoms with Crippen molar-refractivity contribution >= 4 is 11.7 Å². The summed E-state index contributed by atoms with van der Waals surface area (Å²) in [4.78, 5) is 26.8. The zero-order chi connectivity index (χ0) is 27.6. The summed E-state index contributed by atoms with van der Waals surface area (Å²) in [6.45, 7) is 4.41. The first-order chi connectivity index (χ1) is 18.8. The maximum absolute atomic E-state index is 13.7. The Kier molecular flexibility index (Phi) is 6.95. The first-order valence-corrected chi connectivity index (χ1v) is 12.9. The van der Waals surface area contributed by atoms with Crippen molar-refractivity contribution in [1.82, 2.24) is 10.4 Å². The Balaban J connectivity index is 1.55. The quantitative estimate of drug-likeness (QED) is 0.456. The zero-order valence-electron chi connectivity index (χ0n) is 22.0. The van der Waals surface area contributed by atoms with Gasteiger partial charge in [-0.3, -0.25) is 15.0 Å². The van der Waals surface area contributed by atoms with E-state index in [0.717, 1.165) is 11.1 Å². The molecule has 39 heavy (non-hydrogen) atoms. The van der Waals surface area contributed by atoms with Gasteiger partial charge < -0.3 is 10.5 Å². The van der Waals surface area contributed by atoms with Crippen molar-refractivity contribution in [3.8, 4) is 11.8 Å². The summed E-state index contributed by atoms with van der Waals surface area (Å²) in [5, 5.41) is 11.7. The number of nitrogens with zero attached hydrogens (tertiary/aromatic N) is 2. The van der Waals surface area contributed by atoms with Gasteiger partial charge in [0.05, 0.1) is 23.3 Å². The molecular formula is C32H30N4O3. The molecule has 1 atom stereocenters. The lowest BCUT2D eigenvalue weighted by atomic mass is 9.69. The summed E-state index contributed by atoms with van der Waals surface area (Å²) < 4.78 is 6.04. The highest BCUT2D eigenvalue weighted by Gasteiger charge is 2.45. The lowest BCUT2D eigenvalue weighted by Gasteiger charge is -2.43. The fourth-order valence-electron chi connectivity index (χ4n) is 5.25. The molecule has 1 amide bonds. The van der Waals surface area contributed by atoms with Crippen molar-refractivity contribution in [3.63, 3.8) is 0 Å². The molecule has 7 nitrogen and oxygen atoms in total. The molecule has 1 heterocycles. The Morgan fingerprint density at radius 2 is 1.74 bits per heavy atom. The number of nitrogens with one attached hydrogen (secondary N) is 1. The van der Waals surface area contributed by atoms with Gasteiger partial charge in [0, 0.05) is 17.6 Å². The lowest BCUT2D eigenvalue weighted by molar-refractivity contribution is -0.118. The second kappa shape index (κ2) is 10.5. The monoisotopic (exact) mass is 518 g/mol. The minimum absolute atomic E-state index is 0.0685. The number of nitrogens with two attached hydrogens (primary N) is 1. The summed E-state index contributed by atoms with van der Waals surface area (Å²) in [7, 11) is 0. The van der Waals surface area contributed by atoms with E-state index in [1.165, 1.54) is 5.01 Å². The standard InChI is InChI=1S/C32H30N4O3/c1-32(2)17-26-29(27(37)18-32)28(23-14-9-15-24(16-23)39-20-21-10-5-3-6-11-21)25(19-33)30(34)36(26)35-31(38)22-12-7-4-8-13-22/h3-16,28H,17-18,20,34H2,1-2H3,(H,35,38). The highest BCUT2D eigenvalue weighted by molar-refractivity contribution is 6.01. The fraction of sp³-hybridized carbons (Fsp3) is 0.219. The molecule has 0 spiro atoms.